The zero-order valence-electron chi connectivity index (χ0n) is 14.5. The Morgan fingerprint density at radius 1 is 1.19 bits per heavy atom. The average Bonchev–Trinajstić information content (AvgIpc) is 2.68. The molecule has 0 aliphatic rings. The monoisotopic (exact) mass is 350 g/mol. The van der Waals surface area contributed by atoms with Gasteiger partial charge in [0, 0.05) is 11.6 Å². The number of aromatic nitrogens is 2. The van der Waals surface area contributed by atoms with Crippen LogP contribution in [0.5, 0.6) is 11.5 Å². The Balaban J connectivity index is 2.16. The molecule has 3 rings (SSSR count). The van der Waals surface area contributed by atoms with Crippen LogP contribution in [0.15, 0.2) is 47.3 Å². The van der Waals surface area contributed by atoms with E-state index in [1.54, 1.807) is 38.5 Å². The quantitative estimate of drug-likeness (QED) is 0.692. The van der Waals surface area contributed by atoms with Crippen LogP contribution in [-0.4, -0.2) is 30.8 Å². The first-order valence-electron chi connectivity index (χ1n) is 7.94. The van der Waals surface area contributed by atoms with E-state index in [9.17, 15) is 4.79 Å². The van der Waals surface area contributed by atoms with E-state index in [-0.39, 0.29) is 17.9 Å². The van der Waals surface area contributed by atoms with Gasteiger partial charge in [0.1, 0.15) is 29.9 Å². The van der Waals surface area contributed by atoms with Crippen LogP contribution in [0.2, 0.25) is 0 Å². The molecule has 1 aromatic heterocycles. The van der Waals surface area contributed by atoms with Crippen LogP contribution < -0.4 is 15.0 Å². The third-order valence-electron chi connectivity index (χ3n) is 3.93. The number of benzene rings is 2. The second kappa shape index (κ2) is 7.72. The molecule has 3 aromatic rings. The first kappa shape index (κ1) is 17.5. The van der Waals surface area contributed by atoms with Crippen molar-refractivity contribution < 1.29 is 14.2 Å². The van der Waals surface area contributed by atoms with Crippen molar-refractivity contribution in [2.24, 2.45) is 0 Å². The Hall–Kier alpha value is -3.30. The topological polar surface area (TPSA) is 73.4 Å². The molecule has 0 fully saturated rings. The minimum absolute atomic E-state index is 0.0322. The molecule has 0 amide bonds. The maximum absolute atomic E-state index is 12.7. The van der Waals surface area contributed by atoms with Gasteiger partial charge in [0.05, 0.1) is 25.3 Å². The number of methoxy groups -OCH3 is 2. The van der Waals surface area contributed by atoms with Gasteiger partial charge in [-0.25, -0.2) is 4.98 Å². The molecular formula is C20H18N2O4. The average molecular weight is 350 g/mol. The van der Waals surface area contributed by atoms with Crippen LogP contribution in [0.25, 0.3) is 11.0 Å². The highest BCUT2D eigenvalue weighted by Crippen LogP contribution is 2.31. The van der Waals surface area contributed by atoms with E-state index in [1.165, 1.54) is 0 Å². The number of nitrogens with one attached hydrogen (secondary N) is 1. The molecule has 132 valence electrons. The van der Waals surface area contributed by atoms with Gasteiger partial charge in [-0.15, -0.1) is 6.42 Å². The van der Waals surface area contributed by atoms with Crippen LogP contribution in [0.3, 0.4) is 0 Å². The number of hydrogen-bond acceptors (Lipinski definition) is 5. The summed E-state index contributed by atoms with van der Waals surface area (Å²) in [7, 11) is 3.12. The summed E-state index contributed by atoms with van der Waals surface area (Å²) < 4.78 is 16.3. The molecule has 1 unspecified atom stereocenters. The van der Waals surface area contributed by atoms with E-state index in [2.05, 4.69) is 15.9 Å². The molecule has 1 atom stereocenters. The van der Waals surface area contributed by atoms with E-state index in [4.69, 9.17) is 20.6 Å². The maximum atomic E-state index is 12.7. The molecule has 0 bridgehead atoms. The fourth-order valence-electron chi connectivity index (χ4n) is 2.71. The Morgan fingerprint density at radius 3 is 2.73 bits per heavy atom. The summed E-state index contributed by atoms with van der Waals surface area (Å²) in [6.45, 7) is 0.0322. The maximum Gasteiger partial charge on any atom is 0.273 e. The molecule has 2 aromatic carbocycles. The van der Waals surface area contributed by atoms with Crippen molar-refractivity contribution in [1.82, 2.24) is 9.97 Å². The SMILES string of the molecule is C#CCOC(c1ccccc1OC)c1nc2ccc(OC)cc2[nH]c1=O. The van der Waals surface area contributed by atoms with Crippen molar-refractivity contribution >= 4 is 11.0 Å². The molecule has 0 spiro atoms. The lowest BCUT2D eigenvalue weighted by Crippen LogP contribution is -2.22. The number of rotatable bonds is 6. The van der Waals surface area contributed by atoms with Crippen LogP contribution in [0.4, 0.5) is 0 Å². The second-order valence-corrected chi connectivity index (χ2v) is 5.47. The van der Waals surface area contributed by atoms with Gasteiger partial charge < -0.3 is 19.2 Å². The molecule has 0 aliphatic carbocycles. The first-order chi connectivity index (χ1) is 12.7. The third kappa shape index (κ3) is 3.39. The predicted octanol–water partition coefficient (Wildman–Crippen LogP) is 2.68. The van der Waals surface area contributed by atoms with Crippen molar-refractivity contribution in [1.29, 1.82) is 0 Å². The molecule has 1 heterocycles. The van der Waals surface area contributed by atoms with Gasteiger partial charge in [0.2, 0.25) is 0 Å². The fraction of sp³-hybridized carbons (Fsp3) is 0.200. The van der Waals surface area contributed by atoms with Crippen molar-refractivity contribution in [3.05, 3.63) is 64.1 Å². The second-order valence-electron chi connectivity index (χ2n) is 5.47. The molecule has 6 nitrogen and oxygen atoms in total. The Bertz CT molecular complexity index is 1020. The van der Waals surface area contributed by atoms with Gasteiger partial charge >= 0.3 is 0 Å². The summed E-state index contributed by atoms with van der Waals surface area (Å²) in [5.41, 5.74) is 1.72. The number of H-pyrrole nitrogens is 1. The van der Waals surface area contributed by atoms with Crippen LogP contribution in [-0.2, 0) is 4.74 Å². The molecule has 0 radical (unpaired) electrons. The molecule has 0 saturated heterocycles. The van der Waals surface area contributed by atoms with E-state index >= 15 is 0 Å². The Morgan fingerprint density at radius 2 is 2.00 bits per heavy atom. The van der Waals surface area contributed by atoms with Crippen molar-refractivity contribution in [2.75, 3.05) is 20.8 Å². The Kier molecular flexibility index (Phi) is 5.20. The smallest absolute Gasteiger partial charge is 0.273 e. The van der Waals surface area contributed by atoms with E-state index < -0.39 is 6.10 Å². The molecule has 0 aliphatic heterocycles. The van der Waals surface area contributed by atoms with Crippen molar-refractivity contribution in [2.45, 2.75) is 6.10 Å². The summed E-state index contributed by atoms with van der Waals surface area (Å²) in [5.74, 6) is 3.65. The zero-order chi connectivity index (χ0) is 18.5. The van der Waals surface area contributed by atoms with Crippen LogP contribution in [0, 0.1) is 12.3 Å². The number of para-hydroxylation sites is 1. The number of hydrogen-bond donors (Lipinski definition) is 1. The minimum Gasteiger partial charge on any atom is -0.497 e. The fourth-order valence-corrected chi connectivity index (χ4v) is 2.71. The van der Waals surface area contributed by atoms with Crippen molar-refractivity contribution in [3.8, 4) is 23.8 Å². The summed E-state index contributed by atoms with van der Waals surface area (Å²) in [6.07, 6.45) is 4.59. The summed E-state index contributed by atoms with van der Waals surface area (Å²) >= 11 is 0. The molecule has 6 heteroatoms. The van der Waals surface area contributed by atoms with E-state index in [0.29, 0.717) is 28.1 Å². The number of aromatic amines is 1. The zero-order valence-corrected chi connectivity index (χ0v) is 14.5. The third-order valence-corrected chi connectivity index (χ3v) is 3.93. The standard InChI is InChI=1S/C20H18N2O4/c1-4-11-26-19(14-7-5-6-8-17(14)25-3)18-20(23)22-16-12-13(24-2)9-10-15(16)21-18/h1,5-10,12,19H,11H2,2-3H3,(H,22,23). The van der Waals surface area contributed by atoms with E-state index in [1.807, 2.05) is 18.2 Å². The van der Waals surface area contributed by atoms with Gasteiger partial charge in [-0.2, -0.15) is 0 Å². The molecule has 26 heavy (non-hydrogen) atoms. The number of fused-ring (bicyclic) bond motifs is 1. The lowest BCUT2D eigenvalue weighted by molar-refractivity contribution is 0.102. The van der Waals surface area contributed by atoms with Gasteiger partial charge in [-0.3, -0.25) is 4.79 Å². The highest BCUT2D eigenvalue weighted by molar-refractivity contribution is 5.75. The molecule has 1 N–H and O–H groups in total. The van der Waals surface area contributed by atoms with Gasteiger partial charge in [0.15, 0.2) is 0 Å². The summed E-state index contributed by atoms with van der Waals surface area (Å²) in [6, 6.07) is 12.6. The highest BCUT2D eigenvalue weighted by Gasteiger charge is 2.23. The summed E-state index contributed by atoms with van der Waals surface area (Å²) in [4.78, 5) is 20.0. The lowest BCUT2D eigenvalue weighted by Gasteiger charge is -2.19. The normalized spacial score (nSPS) is 11.7. The lowest BCUT2D eigenvalue weighted by atomic mass is 10.0. The number of nitrogens with zero attached hydrogens (tertiary/aromatic N) is 1. The predicted molar refractivity (Wildman–Crippen MR) is 98.5 cm³/mol. The van der Waals surface area contributed by atoms with Gasteiger partial charge in [-0.05, 0) is 18.2 Å². The summed E-state index contributed by atoms with van der Waals surface area (Å²) in [5, 5.41) is 0. The number of ether oxygens (including phenoxy) is 3. The largest absolute Gasteiger partial charge is 0.497 e. The number of terminal acetylenes is 1. The van der Waals surface area contributed by atoms with Gasteiger partial charge in [-0.1, -0.05) is 24.1 Å². The first-order valence-corrected chi connectivity index (χ1v) is 7.94. The molecular weight excluding hydrogens is 332 g/mol. The highest BCUT2D eigenvalue weighted by atomic mass is 16.5. The van der Waals surface area contributed by atoms with E-state index in [0.717, 1.165) is 0 Å². The van der Waals surface area contributed by atoms with Gasteiger partial charge in [0.25, 0.3) is 5.56 Å². The van der Waals surface area contributed by atoms with Crippen molar-refractivity contribution in [3.63, 3.8) is 0 Å². The molecule has 0 saturated carbocycles. The Labute approximate surface area is 150 Å². The van der Waals surface area contributed by atoms with Crippen LogP contribution >= 0.6 is 0 Å². The minimum atomic E-state index is -0.752. The van der Waals surface area contributed by atoms with Crippen LogP contribution in [0.1, 0.15) is 17.4 Å².